The van der Waals surface area contributed by atoms with Crippen molar-refractivity contribution in [3.8, 4) is 5.75 Å². The summed E-state index contributed by atoms with van der Waals surface area (Å²) in [6.45, 7) is 4.07. The fourth-order valence-electron chi connectivity index (χ4n) is 1.54. The Morgan fingerprint density at radius 3 is 2.83 bits per heavy atom. The van der Waals surface area contributed by atoms with E-state index in [-0.39, 0.29) is 17.6 Å². The molecule has 2 rings (SSSR count). The van der Waals surface area contributed by atoms with Crippen molar-refractivity contribution in [3.63, 3.8) is 0 Å². The second-order valence-corrected chi connectivity index (χ2v) is 5.43. The molecule has 3 nitrogen and oxygen atoms in total. The van der Waals surface area contributed by atoms with E-state index in [0.717, 1.165) is 15.4 Å². The summed E-state index contributed by atoms with van der Waals surface area (Å²) >= 11 is 1.54. The Hall–Kier alpha value is -1.46. The van der Waals surface area contributed by atoms with Gasteiger partial charge in [-0.15, -0.1) is 11.3 Å². The molecular weight excluding hydrogens is 251 g/mol. The molecule has 0 saturated carbocycles. The smallest absolute Gasteiger partial charge is 0.165 e. The third-order valence-corrected chi connectivity index (χ3v) is 3.41. The molecule has 0 saturated heterocycles. The highest BCUT2D eigenvalue weighted by Gasteiger charge is 2.08. The Kier molecular flexibility index (Phi) is 3.93. The van der Waals surface area contributed by atoms with Crippen LogP contribution in [0.3, 0.4) is 0 Å². The van der Waals surface area contributed by atoms with Crippen molar-refractivity contribution >= 4 is 11.3 Å². The molecule has 0 aliphatic rings. The Bertz CT molecular complexity index is 540. The van der Waals surface area contributed by atoms with E-state index in [2.05, 4.69) is 4.98 Å². The van der Waals surface area contributed by atoms with Crippen molar-refractivity contribution in [2.24, 2.45) is 5.73 Å². The average molecular weight is 266 g/mol. The maximum atomic E-state index is 13.7. The van der Waals surface area contributed by atoms with Crippen molar-refractivity contribution in [1.82, 2.24) is 4.98 Å². The number of aromatic nitrogens is 1. The van der Waals surface area contributed by atoms with Gasteiger partial charge in [-0.3, -0.25) is 0 Å². The SMILES string of the molecule is Cc1ncc(COc2ccc(C(C)N)cc2F)s1. The molecule has 0 bridgehead atoms. The fourth-order valence-corrected chi connectivity index (χ4v) is 2.25. The molecule has 5 heteroatoms. The average Bonchev–Trinajstić information content (AvgIpc) is 2.73. The zero-order chi connectivity index (χ0) is 13.1. The molecule has 96 valence electrons. The second kappa shape index (κ2) is 5.46. The molecule has 1 aromatic carbocycles. The van der Waals surface area contributed by atoms with Crippen LogP contribution in [0.25, 0.3) is 0 Å². The van der Waals surface area contributed by atoms with Crippen LogP contribution >= 0.6 is 11.3 Å². The monoisotopic (exact) mass is 266 g/mol. The van der Waals surface area contributed by atoms with Gasteiger partial charge < -0.3 is 10.5 Å². The third kappa shape index (κ3) is 3.05. The number of ether oxygens (including phenoxy) is 1. The minimum atomic E-state index is -0.383. The van der Waals surface area contributed by atoms with Crippen LogP contribution in [-0.2, 0) is 6.61 Å². The second-order valence-electron chi connectivity index (χ2n) is 4.11. The predicted octanol–water partition coefficient (Wildman–Crippen LogP) is 3.19. The predicted molar refractivity (Wildman–Crippen MR) is 70.2 cm³/mol. The first-order valence-corrected chi connectivity index (χ1v) is 6.47. The molecule has 2 aromatic rings. The number of nitrogens with zero attached hydrogens (tertiary/aromatic N) is 1. The molecule has 1 atom stereocenters. The molecule has 0 amide bonds. The van der Waals surface area contributed by atoms with Gasteiger partial charge in [0.25, 0.3) is 0 Å². The first kappa shape index (κ1) is 13.0. The summed E-state index contributed by atoms with van der Waals surface area (Å²) in [4.78, 5) is 5.09. The van der Waals surface area contributed by atoms with Gasteiger partial charge in [0.1, 0.15) is 6.61 Å². The number of nitrogens with two attached hydrogens (primary N) is 1. The number of benzene rings is 1. The van der Waals surface area contributed by atoms with Crippen LogP contribution in [0, 0.1) is 12.7 Å². The van der Waals surface area contributed by atoms with Crippen molar-refractivity contribution in [2.45, 2.75) is 26.5 Å². The number of rotatable bonds is 4. The summed E-state index contributed by atoms with van der Waals surface area (Å²) < 4.78 is 19.2. The summed E-state index contributed by atoms with van der Waals surface area (Å²) in [6, 6.07) is 4.62. The van der Waals surface area contributed by atoms with Crippen LogP contribution in [-0.4, -0.2) is 4.98 Å². The van der Waals surface area contributed by atoms with E-state index < -0.39 is 0 Å². The standard InChI is InChI=1S/C13H15FN2OS/c1-8(15)10-3-4-13(12(14)5-10)17-7-11-6-16-9(2)18-11/h3-6,8H,7,15H2,1-2H3. The molecule has 0 radical (unpaired) electrons. The van der Waals surface area contributed by atoms with E-state index in [9.17, 15) is 4.39 Å². The molecule has 1 aromatic heterocycles. The topological polar surface area (TPSA) is 48.1 Å². The molecule has 0 aliphatic carbocycles. The molecule has 2 N–H and O–H groups in total. The van der Waals surface area contributed by atoms with Gasteiger partial charge >= 0.3 is 0 Å². The summed E-state index contributed by atoms with van der Waals surface area (Å²) in [7, 11) is 0. The van der Waals surface area contributed by atoms with Crippen molar-refractivity contribution < 1.29 is 9.13 Å². The number of hydrogen-bond acceptors (Lipinski definition) is 4. The molecule has 1 unspecified atom stereocenters. The van der Waals surface area contributed by atoms with Crippen molar-refractivity contribution in [1.29, 1.82) is 0 Å². The van der Waals surface area contributed by atoms with E-state index in [1.807, 2.05) is 13.8 Å². The molecule has 0 spiro atoms. The molecule has 0 aliphatic heterocycles. The van der Waals surface area contributed by atoms with E-state index >= 15 is 0 Å². The first-order chi connectivity index (χ1) is 8.56. The van der Waals surface area contributed by atoms with Crippen molar-refractivity contribution in [3.05, 3.63) is 45.7 Å². The van der Waals surface area contributed by atoms with Crippen LogP contribution < -0.4 is 10.5 Å². The van der Waals surface area contributed by atoms with E-state index in [4.69, 9.17) is 10.5 Å². The molecule has 1 heterocycles. The van der Waals surface area contributed by atoms with E-state index in [1.54, 1.807) is 29.7 Å². The van der Waals surface area contributed by atoms with Gasteiger partial charge in [-0.1, -0.05) is 6.07 Å². The van der Waals surface area contributed by atoms with Crippen LogP contribution in [0.5, 0.6) is 5.75 Å². The number of thiazole rings is 1. The maximum Gasteiger partial charge on any atom is 0.165 e. The summed E-state index contributed by atoms with van der Waals surface area (Å²) in [5.74, 6) is -0.142. The lowest BCUT2D eigenvalue weighted by Crippen LogP contribution is -2.05. The van der Waals surface area contributed by atoms with Crippen LogP contribution in [0.15, 0.2) is 24.4 Å². The van der Waals surface area contributed by atoms with Gasteiger partial charge in [0.05, 0.1) is 9.88 Å². The van der Waals surface area contributed by atoms with Gasteiger partial charge in [-0.05, 0) is 31.5 Å². The third-order valence-electron chi connectivity index (χ3n) is 2.52. The summed E-state index contributed by atoms with van der Waals surface area (Å²) in [5, 5.41) is 0.973. The Labute approximate surface area is 109 Å². The minimum Gasteiger partial charge on any atom is -0.485 e. The molecule has 0 fully saturated rings. The van der Waals surface area contributed by atoms with Gasteiger partial charge in [-0.2, -0.15) is 0 Å². The lowest BCUT2D eigenvalue weighted by molar-refractivity contribution is 0.293. The molecular formula is C13H15FN2OS. The Morgan fingerprint density at radius 1 is 1.50 bits per heavy atom. The maximum absolute atomic E-state index is 13.7. The zero-order valence-electron chi connectivity index (χ0n) is 10.3. The zero-order valence-corrected chi connectivity index (χ0v) is 11.1. The summed E-state index contributed by atoms with van der Waals surface area (Å²) in [5.41, 5.74) is 6.44. The largest absolute Gasteiger partial charge is 0.485 e. The Balaban J connectivity index is 2.05. The van der Waals surface area contributed by atoms with E-state index in [1.165, 1.54) is 6.07 Å². The number of aryl methyl sites for hydroxylation is 1. The van der Waals surface area contributed by atoms with Crippen LogP contribution in [0.1, 0.15) is 28.4 Å². The van der Waals surface area contributed by atoms with E-state index in [0.29, 0.717) is 6.61 Å². The number of halogens is 1. The van der Waals surface area contributed by atoms with Gasteiger partial charge in [0, 0.05) is 12.2 Å². The van der Waals surface area contributed by atoms with Gasteiger partial charge in [0.15, 0.2) is 11.6 Å². The van der Waals surface area contributed by atoms with Crippen LogP contribution in [0.4, 0.5) is 4.39 Å². The van der Waals surface area contributed by atoms with Gasteiger partial charge in [-0.25, -0.2) is 9.37 Å². The Morgan fingerprint density at radius 2 is 2.28 bits per heavy atom. The van der Waals surface area contributed by atoms with Crippen LogP contribution in [0.2, 0.25) is 0 Å². The highest BCUT2D eigenvalue weighted by molar-refractivity contribution is 7.11. The fraction of sp³-hybridized carbons (Fsp3) is 0.308. The lowest BCUT2D eigenvalue weighted by Gasteiger charge is -2.09. The first-order valence-electron chi connectivity index (χ1n) is 5.65. The van der Waals surface area contributed by atoms with Crippen molar-refractivity contribution in [2.75, 3.05) is 0 Å². The lowest BCUT2D eigenvalue weighted by atomic mass is 10.1. The molecule has 18 heavy (non-hydrogen) atoms. The summed E-state index contributed by atoms with van der Waals surface area (Å²) in [6.07, 6.45) is 1.74. The van der Waals surface area contributed by atoms with Gasteiger partial charge in [0.2, 0.25) is 0 Å². The minimum absolute atomic E-state index is 0.183. The normalized spacial score (nSPS) is 12.4. The number of hydrogen-bond donors (Lipinski definition) is 1. The highest BCUT2D eigenvalue weighted by atomic mass is 32.1. The quantitative estimate of drug-likeness (QED) is 0.924. The highest BCUT2D eigenvalue weighted by Crippen LogP contribution is 2.23.